The van der Waals surface area contributed by atoms with Gasteiger partial charge in [-0.15, -0.1) is 0 Å². The molecule has 1 aliphatic carbocycles. The van der Waals surface area contributed by atoms with E-state index in [1.807, 2.05) is 6.92 Å². The summed E-state index contributed by atoms with van der Waals surface area (Å²) in [5, 5.41) is 14.6. The maximum atomic E-state index is 12.1. The highest BCUT2D eigenvalue weighted by molar-refractivity contribution is 6.16. The highest BCUT2D eigenvalue weighted by atomic mass is 16.6. The molecule has 0 aromatic rings. The predicted octanol–water partition coefficient (Wildman–Crippen LogP) is -0.909. The number of hydrogen-bond acceptors (Lipinski definition) is 6. The summed E-state index contributed by atoms with van der Waals surface area (Å²) in [6.45, 7) is 1.99. The lowest BCUT2D eigenvalue weighted by atomic mass is 9.91. The summed E-state index contributed by atoms with van der Waals surface area (Å²) in [4.78, 5) is 16.8. The molecule has 2 rings (SSSR count). The van der Waals surface area contributed by atoms with E-state index >= 15 is 0 Å². The van der Waals surface area contributed by atoms with Gasteiger partial charge in [0.05, 0.1) is 11.8 Å². The summed E-state index contributed by atoms with van der Waals surface area (Å²) in [6.07, 6.45) is 0.610. The Hall–Kier alpha value is -1.18. The van der Waals surface area contributed by atoms with Crippen molar-refractivity contribution in [2.45, 2.75) is 24.9 Å². The van der Waals surface area contributed by atoms with Crippen molar-refractivity contribution in [3.63, 3.8) is 0 Å². The minimum absolute atomic E-state index is 0.183. The smallest absolute Gasteiger partial charge is 0.266 e. The molecule has 1 heterocycles. The zero-order chi connectivity index (χ0) is 11.9. The molecule has 0 spiro atoms. The van der Waals surface area contributed by atoms with Crippen molar-refractivity contribution < 1.29 is 14.8 Å². The van der Waals surface area contributed by atoms with Crippen LogP contribution in [-0.4, -0.2) is 47.6 Å². The zero-order valence-corrected chi connectivity index (χ0v) is 9.52. The standard InChI is InChI=1S/C9H16N4O3/c1-5-4-6(11-16-3)9(12-15)7(5)10-13(2)8(9)14/h5,7,10,12,15H,4H2,1-3H3/b11-6+. The average Bonchev–Trinajstić information content (AvgIpc) is 2.66. The molecule has 1 aliphatic heterocycles. The van der Waals surface area contributed by atoms with Gasteiger partial charge in [-0.3, -0.25) is 9.80 Å². The molecule has 90 valence electrons. The summed E-state index contributed by atoms with van der Waals surface area (Å²) >= 11 is 0. The van der Waals surface area contributed by atoms with Crippen LogP contribution in [0.15, 0.2) is 5.16 Å². The van der Waals surface area contributed by atoms with Crippen LogP contribution in [0.5, 0.6) is 0 Å². The molecule has 2 aliphatic rings. The van der Waals surface area contributed by atoms with Crippen LogP contribution in [0.4, 0.5) is 0 Å². The zero-order valence-electron chi connectivity index (χ0n) is 9.52. The van der Waals surface area contributed by atoms with Crippen LogP contribution in [0, 0.1) is 5.92 Å². The summed E-state index contributed by atoms with van der Waals surface area (Å²) in [5.74, 6) is -0.0670. The first-order chi connectivity index (χ1) is 7.57. The van der Waals surface area contributed by atoms with Crippen molar-refractivity contribution in [2.24, 2.45) is 11.1 Å². The molecular weight excluding hydrogens is 212 g/mol. The molecule has 1 saturated carbocycles. The van der Waals surface area contributed by atoms with Gasteiger partial charge in [-0.25, -0.2) is 5.43 Å². The first-order valence-corrected chi connectivity index (χ1v) is 5.14. The molecule has 0 radical (unpaired) electrons. The molecule has 3 N–H and O–H groups in total. The van der Waals surface area contributed by atoms with Crippen LogP contribution in [-0.2, 0) is 9.63 Å². The highest BCUT2D eigenvalue weighted by Gasteiger charge is 2.63. The Bertz CT molecular complexity index is 346. The van der Waals surface area contributed by atoms with Crippen molar-refractivity contribution in [1.82, 2.24) is 15.9 Å². The van der Waals surface area contributed by atoms with Gasteiger partial charge in [0.1, 0.15) is 7.11 Å². The molecule has 3 atom stereocenters. The van der Waals surface area contributed by atoms with Gasteiger partial charge in [0.2, 0.25) is 0 Å². The number of hydrazine groups is 1. The van der Waals surface area contributed by atoms with E-state index < -0.39 is 5.54 Å². The van der Waals surface area contributed by atoms with E-state index in [4.69, 9.17) is 4.84 Å². The number of rotatable bonds is 2. The van der Waals surface area contributed by atoms with Crippen molar-refractivity contribution in [2.75, 3.05) is 14.2 Å². The molecule has 7 heteroatoms. The number of carbonyl (C=O) groups excluding carboxylic acids is 1. The van der Waals surface area contributed by atoms with Crippen LogP contribution >= 0.6 is 0 Å². The van der Waals surface area contributed by atoms with Gasteiger partial charge in [-0.2, -0.15) is 5.48 Å². The Balaban J connectivity index is 2.47. The lowest BCUT2D eigenvalue weighted by molar-refractivity contribution is -0.133. The van der Waals surface area contributed by atoms with Crippen LogP contribution < -0.4 is 10.9 Å². The van der Waals surface area contributed by atoms with Crippen LogP contribution in [0.2, 0.25) is 0 Å². The Morgan fingerprint density at radius 3 is 3.00 bits per heavy atom. The van der Waals surface area contributed by atoms with Gasteiger partial charge in [0.25, 0.3) is 5.91 Å². The van der Waals surface area contributed by atoms with E-state index in [9.17, 15) is 10.0 Å². The van der Waals surface area contributed by atoms with E-state index in [0.29, 0.717) is 12.1 Å². The van der Waals surface area contributed by atoms with Crippen LogP contribution in [0.25, 0.3) is 0 Å². The number of oxime groups is 1. The molecular formula is C9H16N4O3. The van der Waals surface area contributed by atoms with Crippen LogP contribution in [0.3, 0.4) is 0 Å². The fraction of sp³-hybridized carbons (Fsp3) is 0.778. The predicted molar refractivity (Wildman–Crippen MR) is 55.6 cm³/mol. The third kappa shape index (κ3) is 1.19. The van der Waals surface area contributed by atoms with Gasteiger partial charge in [-0.05, 0) is 12.3 Å². The maximum absolute atomic E-state index is 12.1. The third-order valence-corrected chi connectivity index (χ3v) is 3.36. The van der Waals surface area contributed by atoms with E-state index in [0.717, 1.165) is 0 Å². The van der Waals surface area contributed by atoms with Crippen LogP contribution in [0.1, 0.15) is 13.3 Å². The lowest BCUT2D eigenvalue weighted by Crippen LogP contribution is -2.59. The lowest BCUT2D eigenvalue weighted by Gasteiger charge is -2.24. The first kappa shape index (κ1) is 11.3. The molecule has 16 heavy (non-hydrogen) atoms. The Labute approximate surface area is 93.3 Å². The Kier molecular flexibility index (Phi) is 2.61. The van der Waals surface area contributed by atoms with E-state index in [1.54, 1.807) is 7.05 Å². The molecule has 2 fully saturated rings. The average molecular weight is 228 g/mol. The number of fused-ring (bicyclic) bond motifs is 1. The maximum Gasteiger partial charge on any atom is 0.266 e. The fourth-order valence-corrected chi connectivity index (χ4v) is 2.60. The largest absolute Gasteiger partial charge is 0.399 e. The third-order valence-electron chi connectivity index (χ3n) is 3.36. The number of hydroxylamine groups is 1. The molecule has 0 aromatic carbocycles. The topological polar surface area (TPSA) is 86.2 Å². The molecule has 3 unspecified atom stereocenters. The van der Waals surface area contributed by atoms with E-state index in [-0.39, 0.29) is 17.9 Å². The van der Waals surface area contributed by atoms with Gasteiger partial charge < -0.3 is 10.0 Å². The number of likely N-dealkylation sites (N-methyl/N-ethyl adjacent to an activating group) is 1. The second-order valence-corrected chi connectivity index (χ2v) is 4.29. The monoisotopic (exact) mass is 228 g/mol. The van der Waals surface area contributed by atoms with E-state index in [2.05, 4.69) is 16.1 Å². The van der Waals surface area contributed by atoms with Gasteiger partial charge >= 0.3 is 0 Å². The summed E-state index contributed by atoms with van der Waals surface area (Å²) in [5.41, 5.74) is 4.49. The second-order valence-electron chi connectivity index (χ2n) is 4.29. The van der Waals surface area contributed by atoms with Gasteiger partial charge in [0.15, 0.2) is 5.54 Å². The summed E-state index contributed by atoms with van der Waals surface area (Å²) < 4.78 is 0. The Morgan fingerprint density at radius 2 is 2.44 bits per heavy atom. The molecule has 0 bridgehead atoms. The summed E-state index contributed by atoms with van der Waals surface area (Å²) in [6, 6.07) is -0.205. The fourth-order valence-electron chi connectivity index (χ4n) is 2.60. The second kappa shape index (κ2) is 3.69. The highest BCUT2D eigenvalue weighted by Crippen LogP contribution is 2.37. The molecule has 1 saturated heterocycles. The van der Waals surface area contributed by atoms with Crippen molar-refractivity contribution in [3.8, 4) is 0 Å². The van der Waals surface area contributed by atoms with Gasteiger partial charge in [-0.1, -0.05) is 12.1 Å². The number of nitrogens with zero attached hydrogens (tertiary/aromatic N) is 2. The number of amides is 1. The first-order valence-electron chi connectivity index (χ1n) is 5.14. The normalized spacial score (nSPS) is 40.6. The quantitative estimate of drug-likeness (QED) is 0.533. The van der Waals surface area contributed by atoms with Gasteiger partial charge in [0, 0.05) is 7.05 Å². The molecule has 0 aromatic heterocycles. The van der Waals surface area contributed by atoms with Crippen molar-refractivity contribution in [3.05, 3.63) is 0 Å². The minimum Gasteiger partial charge on any atom is -0.399 e. The van der Waals surface area contributed by atoms with E-state index in [1.165, 1.54) is 12.1 Å². The summed E-state index contributed by atoms with van der Waals surface area (Å²) in [7, 11) is 3.05. The van der Waals surface area contributed by atoms with Crippen molar-refractivity contribution in [1.29, 1.82) is 0 Å². The molecule has 1 amide bonds. The minimum atomic E-state index is -1.18. The number of carbonyl (C=O) groups is 1. The Morgan fingerprint density at radius 1 is 1.75 bits per heavy atom. The number of nitrogens with one attached hydrogen (secondary N) is 2. The molecule has 7 nitrogen and oxygen atoms in total. The number of hydrogen-bond donors (Lipinski definition) is 3. The SMILES string of the molecule is CO/N=C1\CC(C)C2NN(C)C(=O)C12NO. The van der Waals surface area contributed by atoms with Crippen molar-refractivity contribution >= 4 is 11.6 Å².